The molecule has 2 aliphatic rings. The smallest absolute Gasteiger partial charge is 0.0714 e. The first-order valence-corrected chi connectivity index (χ1v) is 20.5. The van der Waals surface area contributed by atoms with Crippen LogP contribution in [-0.2, 0) is 10.8 Å². The molecular formula is C57H42N2. The average molecular weight is 755 g/mol. The lowest BCUT2D eigenvalue weighted by atomic mass is 9.67. The molecule has 0 aliphatic heterocycles. The Labute approximate surface area is 346 Å². The van der Waals surface area contributed by atoms with Crippen LogP contribution in [0, 0.1) is 0 Å². The number of rotatable bonds is 7. The minimum absolute atomic E-state index is 0.136. The molecule has 2 aliphatic carbocycles. The molecule has 9 aromatic rings. The summed E-state index contributed by atoms with van der Waals surface area (Å²) in [6.07, 6.45) is 3.99. The van der Waals surface area contributed by atoms with Gasteiger partial charge in [-0.25, -0.2) is 0 Å². The minimum Gasteiger partial charge on any atom is -0.310 e. The van der Waals surface area contributed by atoms with Crippen LogP contribution >= 0.6 is 0 Å². The third-order valence-electron chi connectivity index (χ3n) is 12.9. The zero-order valence-corrected chi connectivity index (χ0v) is 33.2. The second-order valence-corrected chi connectivity index (χ2v) is 16.4. The Morgan fingerprint density at radius 1 is 0.356 bits per heavy atom. The van der Waals surface area contributed by atoms with Crippen LogP contribution in [0.5, 0.6) is 0 Å². The van der Waals surface area contributed by atoms with Gasteiger partial charge in [0.05, 0.1) is 5.41 Å². The fourth-order valence-corrected chi connectivity index (χ4v) is 10.0. The number of pyridine rings is 1. The van der Waals surface area contributed by atoms with Crippen LogP contribution in [0.15, 0.2) is 219 Å². The molecular weight excluding hydrogens is 713 g/mol. The van der Waals surface area contributed by atoms with Gasteiger partial charge in [-0.05, 0) is 126 Å². The molecule has 0 saturated heterocycles. The third-order valence-corrected chi connectivity index (χ3v) is 12.9. The van der Waals surface area contributed by atoms with E-state index in [1.54, 1.807) is 0 Å². The summed E-state index contributed by atoms with van der Waals surface area (Å²) in [6, 6.07) is 76.0. The summed E-state index contributed by atoms with van der Waals surface area (Å²) in [4.78, 5) is 6.98. The van der Waals surface area contributed by atoms with Crippen molar-refractivity contribution in [1.82, 2.24) is 4.98 Å². The van der Waals surface area contributed by atoms with Gasteiger partial charge in [0.1, 0.15) is 0 Å². The molecule has 1 aromatic heterocycles. The lowest BCUT2D eigenvalue weighted by molar-refractivity contribution is 0.656. The maximum atomic E-state index is 4.57. The molecule has 1 heterocycles. The number of anilines is 3. The Morgan fingerprint density at radius 2 is 0.881 bits per heavy atom. The summed E-state index contributed by atoms with van der Waals surface area (Å²) >= 11 is 0. The Kier molecular flexibility index (Phi) is 8.10. The van der Waals surface area contributed by atoms with Crippen LogP contribution in [-0.4, -0.2) is 4.98 Å². The predicted octanol–water partition coefficient (Wildman–Crippen LogP) is 14.6. The largest absolute Gasteiger partial charge is 0.310 e. The molecule has 0 fully saturated rings. The highest BCUT2D eigenvalue weighted by atomic mass is 15.1. The minimum atomic E-state index is -0.571. The number of fused-ring (bicyclic) bond motifs is 6. The van der Waals surface area contributed by atoms with Crippen LogP contribution in [0.2, 0.25) is 0 Å². The summed E-state index contributed by atoms with van der Waals surface area (Å²) in [5.74, 6) is 0. The molecule has 0 N–H and O–H groups in total. The second kappa shape index (κ2) is 13.7. The molecule has 0 spiro atoms. The number of aromatic nitrogens is 1. The first-order chi connectivity index (χ1) is 29.0. The maximum absolute atomic E-state index is 4.57. The number of hydrogen-bond acceptors (Lipinski definition) is 2. The van der Waals surface area contributed by atoms with Crippen molar-refractivity contribution in [3.05, 3.63) is 252 Å². The third kappa shape index (κ3) is 5.44. The lowest BCUT2D eigenvalue weighted by Crippen LogP contribution is -2.29. The predicted molar refractivity (Wildman–Crippen MR) is 245 cm³/mol. The van der Waals surface area contributed by atoms with Gasteiger partial charge in [0.15, 0.2) is 0 Å². The Balaban J connectivity index is 1.14. The van der Waals surface area contributed by atoms with Crippen LogP contribution in [0.1, 0.15) is 47.2 Å². The Bertz CT molecular complexity index is 2900. The van der Waals surface area contributed by atoms with Gasteiger partial charge in [-0.2, -0.15) is 0 Å². The summed E-state index contributed by atoms with van der Waals surface area (Å²) < 4.78 is 0. The average Bonchev–Trinajstić information content (AvgIpc) is 3.73. The first-order valence-electron chi connectivity index (χ1n) is 20.5. The highest BCUT2D eigenvalue weighted by Gasteiger charge is 2.47. The van der Waals surface area contributed by atoms with Gasteiger partial charge in [0.25, 0.3) is 0 Å². The van der Waals surface area contributed by atoms with Crippen molar-refractivity contribution >= 4 is 17.1 Å². The highest BCUT2D eigenvalue weighted by Crippen LogP contribution is 2.59. The second-order valence-electron chi connectivity index (χ2n) is 16.4. The molecule has 280 valence electrons. The topological polar surface area (TPSA) is 16.1 Å². The van der Waals surface area contributed by atoms with E-state index >= 15 is 0 Å². The lowest BCUT2D eigenvalue weighted by Gasteiger charge is -2.35. The zero-order valence-electron chi connectivity index (χ0n) is 33.2. The van der Waals surface area contributed by atoms with Gasteiger partial charge in [-0.15, -0.1) is 0 Å². The van der Waals surface area contributed by atoms with E-state index in [9.17, 15) is 0 Å². The van der Waals surface area contributed by atoms with Crippen molar-refractivity contribution in [2.24, 2.45) is 0 Å². The Hall–Kier alpha value is -7.29. The highest BCUT2D eigenvalue weighted by molar-refractivity contribution is 5.91. The standard InChI is InChI=1S/C57H42N2/c1-56(2)52-33-26-44(36-51(52)50-34-35-58-38-55(50)56)57(43-18-10-5-11-19-43)53-21-13-12-20-48(53)49-32-31-47(37-54(49)57)59(45-27-22-41(23-28-45)39-14-6-3-7-15-39)46-29-24-42(25-30-46)40-16-8-4-9-17-40/h3-38H,1-2H3. The molecule has 0 saturated carbocycles. The van der Waals surface area contributed by atoms with Gasteiger partial charge in [0, 0.05) is 34.9 Å². The molecule has 0 amide bonds. The normalized spacial score (nSPS) is 15.5. The van der Waals surface area contributed by atoms with Crippen molar-refractivity contribution in [3.8, 4) is 44.5 Å². The van der Waals surface area contributed by atoms with Gasteiger partial charge in [0.2, 0.25) is 0 Å². The molecule has 11 rings (SSSR count). The van der Waals surface area contributed by atoms with E-state index in [4.69, 9.17) is 0 Å². The molecule has 0 bridgehead atoms. The van der Waals surface area contributed by atoms with Crippen molar-refractivity contribution in [2.75, 3.05) is 4.90 Å². The van der Waals surface area contributed by atoms with Crippen molar-refractivity contribution in [2.45, 2.75) is 24.7 Å². The Morgan fingerprint density at radius 3 is 1.53 bits per heavy atom. The van der Waals surface area contributed by atoms with Crippen LogP contribution in [0.25, 0.3) is 44.5 Å². The number of benzene rings is 8. The summed E-state index contributed by atoms with van der Waals surface area (Å²) in [7, 11) is 0. The van der Waals surface area contributed by atoms with Gasteiger partial charge < -0.3 is 4.90 Å². The summed E-state index contributed by atoms with van der Waals surface area (Å²) in [5.41, 5.74) is 20.2. The fourth-order valence-electron chi connectivity index (χ4n) is 10.0. The fraction of sp³-hybridized carbons (Fsp3) is 0.0702. The number of nitrogens with zero attached hydrogens (tertiary/aromatic N) is 2. The molecule has 8 aromatic carbocycles. The van der Waals surface area contributed by atoms with Crippen LogP contribution in [0.4, 0.5) is 17.1 Å². The van der Waals surface area contributed by atoms with E-state index in [-0.39, 0.29) is 5.41 Å². The monoisotopic (exact) mass is 754 g/mol. The van der Waals surface area contributed by atoms with Crippen LogP contribution in [0.3, 0.4) is 0 Å². The number of hydrogen-bond donors (Lipinski definition) is 0. The van der Waals surface area contributed by atoms with E-state index in [0.29, 0.717) is 0 Å². The molecule has 1 atom stereocenters. The van der Waals surface area contributed by atoms with Crippen molar-refractivity contribution in [1.29, 1.82) is 0 Å². The zero-order chi connectivity index (χ0) is 39.6. The summed E-state index contributed by atoms with van der Waals surface area (Å²) in [6.45, 7) is 4.65. The van der Waals surface area contributed by atoms with E-state index in [2.05, 4.69) is 236 Å². The van der Waals surface area contributed by atoms with Crippen molar-refractivity contribution < 1.29 is 0 Å². The molecule has 0 radical (unpaired) electrons. The SMILES string of the molecule is CC1(C)c2ccc(C3(c4ccccc4)c4ccccc4-c4ccc(N(c5ccc(-c6ccccc6)cc5)c5ccc(-c6ccccc6)cc5)cc43)cc2-c2ccncc21. The molecule has 2 nitrogen and oxygen atoms in total. The maximum Gasteiger partial charge on any atom is 0.0714 e. The van der Waals surface area contributed by atoms with Gasteiger partial charge >= 0.3 is 0 Å². The van der Waals surface area contributed by atoms with Crippen LogP contribution < -0.4 is 4.90 Å². The molecule has 2 heteroatoms. The van der Waals surface area contributed by atoms with E-state index in [0.717, 1.165) is 17.1 Å². The van der Waals surface area contributed by atoms with E-state index in [1.165, 1.54) is 77.9 Å². The van der Waals surface area contributed by atoms with Crippen molar-refractivity contribution in [3.63, 3.8) is 0 Å². The molecule has 59 heavy (non-hydrogen) atoms. The summed E-state index contributed by atoms with van der Waals surface area (Å²) in [5, 5.41) is 0. The van der Waals surface area contributed by atoms with E-state index in [1.807, 2.05) is 6.20 Å². The quantitative estimate of drug-likeness (QED) is 0.161. The first kappa shape index (κ1) is 34.9. The molecule has 1 unspecified atom stereocenters. The van der Waals surface area contributed by atoms with Gasteiger partial charge in [-0.3, -0.25) is 4.98 Å². The van der Waals surface area contributed by atoms with Gasteiger partial charge in [-0.1, -0.05) is 172 Å². The van der Waals surface area contributed by atoms with E-state index < -0.39 is 5.41 Å².